The van der Waals surface area contributed by atoms with Crippen LogP contribution in [0.2, 0.25) is 0 Å². The van der Waals surface area contributed by atoms with E-state index >= 15 is 0 Å². The fourth-order valence-corrected chi connectivity index (χ4v) is 19.1. The number of hydrogen-bond acceptors (Lipinski definition) is 16. The topological polar surface area (TPSA) is 284 Å². The number of nitrogens with zero attached hydrogens (tertiary/aromatic N) is 8. The summed E-state index contributed by atoms with van der Waals surface area (Å²) in [7, 11) is -5.78. The quantitative estimate of drug-likeness (QED) is 0.102. The zero-order valence-electron chi connectivity index (χ0n) is 41.4. The molecule has 26 heteroatoms. The molecule has 3 N–H and O–H groups in total. The fourth-order valence-electron chi connectivity index (χ4n) is 9.98. The van der Waals surface area contributed by atoms with Crippen LogP contribution in [0.5, 0.6) is 46.0 Å². The Morgan fingerprint density at radius 3 is 1.09 bits per heavy atom. The van der Waals surface area contributed by atoms with Crippen molar-refractivity contribution in [3.05, 3.63) is 209 Å². The molecule has 14 rings (SSSR count). The van der Waals surface area contributed by atoms with Gasteiger partial charge in [0.05, 0.1) is 0 Å². The molecular weight excluding hydrogens is 1240 g/mol. The molecule has 0 fully saturated rings. The van der Waals surface area contributed by atoms with Gasteiger partial charge >= 0.3 is 453 Å². The third kappa shape index (κ3) is 8.85. The van der Waals surface area contributed by atoms with Crippen LogP contribution in [-0.4, -0.2) is 88.2 Å². The van der Waals surface area contributed by atoms with Gasteiger partial charge in [-0.05, 0) is 0 Å². The Morgan fingerprint density at radius 1 is 0.354 bits per heavy atom. The van der Waals surface area contributed by atoms with Gasteiger partial charge in [0.25, 0.3) is 0 Å². The van der Waals surface area contributed by atoms with Crippen LogP contribution in [0.25, 0.3) is 21.5 Å². The van der Waals surface area contributed by atoms with E-state index in [9.17, 15) is 38.9 Å². The third-order valence-corrected chi connectivity index (χ3v) is 24.0. The Labute approximate surface area is 475 Å². The van der Waals surface area contributed by atoms with Crippen LogP contribution in [0.15, 0.2) is 221 Å². The van der Waals surface area contributed by atoms with E-state index in [2.05, 4.69) is 0 Å². The zero-order chi connectivity index (χ0) is 56.4. The van der Waals surface area contributed by atoms with Crippen molar-refractivity contribution in [2.75, 3.05) is 0 Å². The summed E-state index contributed by atoms with van der Waals surface area (Å²) in [5, 5.41) is 1.62. The van der Waals surface area contributed by atoms with Crippen molar-refractivity contribution < 1.29 is 57.9 Å². The number of fused-ring (bicyclic) bond motifs is 14. The molecule has 0 aliphatic carbocycles. The van der Waals surface area contributed by atoms with E-state index in [-0.39, 0.29) is 95.8 Å². The molecule has 6 bridgehead atoms. The zero-order valence-corrected chi connectivity index (χ0v) is 47.9. The number of amidine groups is 4. The summed E-state index contributed by atoms with van der Waals surface area (Å²) in [6, 6.07) is 46.0. The molecule has 82 heavy (non-hydrogen) atoms. The molecule has 6 heterocycles. The number of halogens is 1. The van der Waals surface area contributed by atoms with Crippen molar-refractivity contribution in [2.24, 2.45) is 30.0 Å². The minimum atomic E-state index is -4.87. The maximum atomic E-state index is 13.1. The first-order valence-corrected chi connectivity index (χ1v) is 35.9. The number of ether oxygens (including phenoxy) is 4. The second kappa shape index (κ2) is 19.2. The Kier molecular flexibility index (Phi) is 12.0. The molecule has 0 unspecified atom stereocenters. The summed E-state index contributed by atoms with van der Waals surface area (Å²) in [5.74, 6) is 2.48. The monoisotopic (exact) mass is 1270 g/mol. The molecule has 0 atom stereocenters. The van der Waals surface area contributed by atoms with E-state index in [0.717, 1.165) is 0 Å². The normalized spacial score (nSPS) is 14.1. The average Bonchev–Trinajstić information content (AvgIpc) is 3.94. The van der Waals surface area contributed by atoms with E-state index in [4.69, 9.17) is 57.5 Å². The second-order valence-corrected chi connectivity index (χ2v) is 30.2. The van der Waals surface area contributed by atoms with Crippen LogP contribution >= 0.6 is 8.58 Å². The summed E-state index contributed by atoms with van der Waals surface area (Å²) in [4.78, 5) is 30.4. The summed E-state index contributed by atoms with van der Waals surface area (Å²) in [6.07, 6.45) is 0. The van der Waals surface area contributed by atoms with Gasteiger partial charge in [0, 0.05) is 0 Å². The van der Waals surface area contributed by atoms with Crippen LogP contribution in [0.3, 0.4) is 0 Å². The van der Waals surface area contributed by atoms with Gasteiger partial charge in [-0.15, -0.1) is 0 Å². The van der Waals surface area contributed by atoms with Crippen molar-refractivity contribution in [3.63, 3.8) is 0 Å². The number of benzene rings is 8. The molecule has 10 aromatic rings. The molecule has 4 aliphatic heterocycles. The molecule has 4 aliphatic rings. The first kappa shape index (κ1) is 51.4. The maximum absolute atomic E-state index is 13.1. The molecule has 0 spiro atoms. The van der Waals surface area contributed by atoms with E-state index in [1.165, 1.54) is 66.7 Å². The second-order valence-electron chi connectivity index (χ2n) is 18.6. The molecule has 0 saturated heterocycles. The van der Waals surface area contributed by atoms with Gasteiger partial charge in [-0.25, -0.2) is 0 Å². The van der Waals surface area contributed by atoms with Gasteiger partial charge in [-0.3, -0.25) is 9.11 Å². The van der Waals surface area contributed by atoms with Crippen molar-refractivity contribution in [1.82, 2.24) is 5.11 Å². The van der Waals surface area contributed by atoms with E-state index in [1.54, 1.807) is 63.2 Å². The Balaban J connectivity index is 1.10. The first-order valence-electron chi connectivity index (χ1n) is 24.5. The van der Waals surface area contributed by atoms with Gasteiger partial charge in [-0.1, -0.05) is 0 Å². The molecular formula is C56H32ClInN8O13S3. The van der Waals surface area contributed by atoms with Crippen molar-refractivity contribution in [3.8, 4) is 46.0 Å². The van der Waals surface area contributed by atoms with Gasteiger partial charge in [0.2, 0.25) is 0 Å². The SMILES string of the molecule is O=S(=O)(O)c1ccc(Oc2ccc(Oc3ccccc3)c3c2C2=Nc4c5ccc(S(=O)(=O)O)cc5c5[n]4[In]([Cl])[n]4c(c6ccccc6c4=NC4=NC(=N5)c5c(Oc6ccc(S(=O)(=O)O)cc6)ccc(Oc6ccccc6)c54)=NC3=N2)cc1. The minimum absolute atomic E-state index is 0.0182. The number of para-hydroxylation sites is 2. The van der Waals surface area contributed by atoms with Crippen LogP contribution in [-0.2, 0) is 30.4 Å². The number of hydrogen-bond donors (Lipinski definition) is 3. The van der Waals surface area contributed by atoms with Crippen LogP contribution in [0.4, 0.5) is 11.6 Å². The fraction of sp³-hybridized carbons (Fsp3) is 0. The van der Waals surface area contributed by atoms with E-state index in [0.29, 0.717) is 49.8 Å². The predicted molar refractivity (Wildman–Crippen MR) is 302 cm³/mol. The molecule has 0 amide bonds. The number of aromatic nitrogens is 2. The Morgan fingerprint density at radius 2 is 0.695 bits per heavy atom. The summed E-state index contributed by atoms with van der Waals surface area (Å²) in [5.41, 5.74) is 1.75. The number of rotatable bonds is 11. The van der Waals surface area contributed by atoms with Crippen molar-refractivity contribution in [1.29, 1.82) is 0 Å². The van der Waals surface area contributed by atoms with Gasteiger partial charge in [-0.2, -0.15) is 16.8 Å². The molecule has 8 aromatic carbocycles. The summed E-state index contributed by atoms with van der Waals surface area (Å²) < 4.78 is 134. The van der Waals surface area contributed by atoms with Crippen LogP contribution in [0.1, 0.15) is 22.3 Å². The van der Waals surface area contributed by atoms with Crippen molar-refractivity contribution in [2.45, 2.75) is 14.7 Å². The van der Waals surface area contributed by atoms with Gasteiger partial charge < -0.3 is 0 Å². The van der Waals surface area contributed by atoms with E-state index in [1.807, 2.05) is 51.1 Å². The molecule has 21 nitrogen and oxygen atoms in total. The van der Waals surface area contributed by atoms with E-state index < -0.39 is 56.1 Å². The van der Waals surface area contributed by atoms with Crippen molar-refractivity contribution >= 4 is 116 Å². The third-order valence-electron chi connectivity index (χ3n) is 13.6. The average molecular weight is 1270 g/mol. The van der Waals surface area contributed by atoms with Crippen LogP contribution < -0.4 is 29.9 Å². The van der Waals surface area contributed by atoms with Gasteiger partial charge in [0.1, 0.15) is 0 Å². The van der Waals surface area contributed by atoms with Gasteiger partial charge in [0.15, 0.2) is 0 Å². The molecule has 0 saturated carbocycles. The summed E-state index contributed by atoms with van der Waals surface area (Å²) >= 11 is -4.65. The number of aliphatic imine (C=N–C) groups is 4. The molecule has 402 valence electrons. The predicted octanol–water partition coefficient (Wildman–Crippen LogP) is 10.1. The Bertz CT molecular complexity index is 5030. The standard InChI is InChI=1S/C56H32N8O13S3.ClH.In/c65-78(66,67)34-19-15-32(16-20-34)76-43-27-25-41(74-30-9-3-1-4-10-30)45-47(43)55-61-51-39-24-23-36(80(71,72)73)29-40(39)52(58-51)62-56-48-44(77-33-17-21-35(22-18-33)79(68,69)70)28-26-42(75-31-11-5-2-6-12-31)46(48)54(64-56)60-50-38-14-8-7-13-37(38)49(57-50)59-53(45)63-55;;/h1-29H,(H3-2,57,58,59,60,61,62,63,64,65,66,67,68,69,70,71,72,73);1H;/q-2;;+3/p-1. The molecule has 2 aromatic heterocycles. The Hall–Kier alpha value is -8.79. The first-order chi connectivity index (χ1) is 39.4. The molecule has 0 radical (unpaired) electrons. The van der Waals surface area contributed by atoms with Crippen LogP contribution in [0, 0.1) is 0 Å². The summed E-state index contributed by atoms with van der Waals surface area (Å²) in [6.45, 7) is 0.